The van der Waals surface area contributed by atoms with E-state index in [0.29, 0.717) is 6.61 Å². The van der Waals surface area contributed by atoms with Crippen molar-refractivity contribution in [1.29, 1.82) is 0 Å². The first-order chi connectivity index (χ1) is 10.7. The quantitative estimate of drug-likeness (QED) is 0.806. The van der Waals surface area contributed by atoms with Crippen LogP contribution in [0.3, 0.4) is 0 Å². The summed E-state index contributed by atoms with van der Waals surface area (Å²) in [6.45, 7) is 2.70. The lowest BCUT2D eigenvalue weighted by molar-refractivity contribution is 0.0804. The van der Waals surface area contributed by atoms with Crippen LogP contribution in [-0.4, -0.2) is 37.4 Å². The zero-order chi connectivity index (χ0) is 15.4. The van der Waals surface area contributed by atoms with Gasteiger partial charge in [0.2, 0.25) is 0 Å². The van der Waals surface area contributed by atoms with Gasteiger partial charge < -0.3 is 9.64 Å². The van der Waals surface area contributed by atoms with Gasteiger partial charge in [0.1, 0.15) is 5.75 Å². The summed E-state index contributed by atoms with van der Waals surface area (Å²) in [5.74, 6) is 1.88. The van der Waals surface area contributed by atoms with E-state index in [1.807, 2.05) is 24.3 Å². The van der Waals surface area contributed by atoms with E-state index >= 15 is 0 Å². The lowest BCUT2D eigenvalue weighted by Gasteiger charge is -2.29. The van der Waals surface area contributed by atoms with Crippen LogP contribution >= 0.6 is 12.4 Å². The molecule has 1 unspecified atom stereocenters. The van der Waals surface area contributed by atoms with Crippen LogP contribution in [0.5, 0.6) is 5.75 Å². The van der Waals surface area contributed by atoms with E-state index in [2.05, 4.69) is 11.9 Å². The number of halogens is 1. The summed E-state index contributed by atoms with van der Waals surface area (Å²) >= 11 is 0. The fraction of sp³-hybridized carbons (Fsp3) is 0.632. The summed E-state index contributed by atoms with van der Waals surface area (Å²) in [6, 6.07) is 7.61. The van der Waals surface area contributed by atoms with E-state index in [0.717, 1.165) is 30.2 Å². The number of ether oxygens (including phenoxy) is 1. The second-order valence-electron chi connectivity index (χ2n) is 6.92. The lowest BCUT2D eigenvalue weighted by atomic mass is 9.88. The normalized spacial score (nSPS) is 21.5. The number of fused-ring (bicyclic) bond motifs is 1. The second-order valence-corrected chi connectivity index (χ2v) is 6.92. The first kappa shape index (κ1) is 18.3. The first-order valence-corrected chi connectivity index (χ1v) is 8.68. The van der Waals surface area contributed by atoms with Gasteiger partial charge in [-0.25, -0.2) is 0 Å². The van der Waals surface area contributed by atoms with Crippen LogP contribution in [-0.2, 0) is 0 Å². The minimum Gasteiger partial charge on any atom is -0.492 e. The number of carbonyl (C=O) groups is 1. The van der Waals surface area contributed by atoms with Gasteiger partial charge in [0.25, 0.3) is 0 Å². The van der Waals surface area contributed by atoms with E-state index < -0.39 is 0 Å². The van der Waals surface area contributed by atoms with Gasteiger partial charge in [-0.3, -0.25) is 4.79 Å². The van der Waals surface area contributed by atoms with E-state index in [1.54, 1.807) is 0 Å². The third kappa shape index (κ3) is 4.71. The van der Waals surface area contributed by atoms with Crippen LogP contribution < -0.4 is 4.74 Å². The maximum atomic E-state index is 12.5. The Kier molecular flexibility index (Phi) is 6.91. The number of para-hydroxylation sites is 1. The number of Topliss-reactive ketones (excluding diaryl/α,β-unsaturated/α-hetero) is 1. The number of rotatable bonds is 5. The smallest absolute Gasteiger partial charge is 0.173 e. The zero-order valence-corrected chi connectivity index (χ0v) is 14.8. The van der Waals surface area contributed by atoms with Crippen molar-refractivity contribution < 1.29 is 9.53 Å². The summed E-state index contributed by atoms with van der Waals surface area (Å²) in [5.41, 5.74) is 0.758. The average molecular weight is 338 g/mol. The highest BCUT2D eigenvalue weighted by Crippen LogP contribution is 2.29. The van der Waals surface area contributed by atoms with Gasteiger partial charge in [-0.2, -0.15) is 0 Å². The third-order valence-corrected chi connectivity index (χ3v) is 5.12. The molecule has 1 atom stereocenters. The Morgan fingerprint density at radius 3 is 2.70 bits per heavy atom. The van der Waals surface area contributed by atoms with Gasteiger partial charge in [0.15, 0.2) is 5.78 Å². The molecule has 0 saturated heterocycles. The Labute approximate surface area is 145 Å². The average Bonchev–Trinajstić information content (AvgIpc) is 2.55. The topological polar surface area (TPSA) is 29.5 Å². The molecule has 1 aliphatic heterocycles. The predicted octanol–water partition coefficient (Wildman–Crippen LogP) is 4.20. The first-order valence-electron chi connectivity index (χ1n) is 8.68. The number of hydrogen-bond donors (Lipinski definition) is 0. The molecule has 0 aromatic heterocycles. The van der Waals surface area contributed by atoms with Crippen LogP contribution in [0.25, 0.3) is 0 Å². The van der Waals surface area contributed by atoms with Gasteiger partial charge in [-0.05, 0) is 50.9 Å². The fourth-order valence-electron chi connectivity index (χ4n) is 3.77. The molecule has 1 saturated carbocycles. The largest absolute Gasteiger partial charge is 0.492 e. The molecular weight excluding hydrogens is 310 g/mol. The third-order valence-electron chi connectivity index (χ3n) is 5.12. The summed E-state index contributed by atoms with van der Waals surface area (Å²) in [6.07, 6.45) is 7.85. The minimum atomic E-state index is 0. The highest BCUT2D eigenvalue weighted by molar-refractivity contribution is 6.01. The van der Waals surface area contributed by atoms with Gasteiger partial charge in [0.05, 0.1) is 18.1 Å². The van der Waals surface area contributed by atoms with Gasteiger partial charge in [-0.15, -0.1) is 12.4 Å². The van der Waals surface area contributed by atoms with Crippen molar-refractivity contribution in [2.24, 2.45) is 11.8 Å². The van der Waals surface area contributed by atoms with Crippen LogP contribution in [0.1, 0.15) is 48.9 Å². The molecule has 0 radical (unpaired) electrons. The summed E-state index contributed by atoms with van der Waals surface area (Å²) < 4.78 is 5.75. The molecule has 0 bridgehead atoms. The van der Waals surface area contributed by atoms with Gasteiger partial charge in [-0.1, -0.05) is 31.4 Å². The lowest BCUT2D eigenvalue weighted by Crippen LogP contribution is -2.33. The molecule has 2 aliphatic rings. The highest BCUT2D eigenvalue weighted by Gasteiger charge is 2.28. The Balaban J connectivity index is 0.00000192. The molecule has 1 fully saturated rings. The van der Waals surface area contributed by atoms with Crippen molar-refractivity contribution in [2.75, 3.05) is 26.7 Å². The molecule has 128 valence electrons. The van der Waals surface area contributed by atoms with E-state index in [-0.39, 0.29) is 24.1 Å². The van der Waals surface area contributed by atoms with E-state index in [1.165, 1.54) is 38.6 Å². The zero-order valence-electron chi connectivity index (χ0n) is 14.0. The van der Waals surface area contributed by atoms with Crippen molar-refractivity contribution in [1.82, 2.24) is 4.90 Å². The van der Waals surface area contributed by atoms with Crippen molar-refractivity contribution in [3.63, 3.8) is 0 Å². The number of benzene rings is 1. The number of carbonyl (C=O) groups excluding carboxylic acids is 1. The number of ketones is 1. The molecule has 1 aliphatic carbocycles. The number of hydrogen-bond acceptors (Lipinski definition) is 3. The van der Waals surface area contributed by atoms with Crippen LogP contribution in [0.2, 0.25) is 0 Å². The second kappa shape index (κ2) is 8.70. The molecule has 0 spiro atoms. The SMILES string of the molecule is CN(CCC1COc2ccccc2C1=O)CC1CCCCC1.Cl. The van der Waals surface area contributed by atoms with Crippen molar-refractivity contribution in [3.8, 4) is 5.75 Å². The standard InChI is InChI=1S/C19H27NO2.ClH/c1-20(13-15-7-3-2-4-8-15)12-11-16-14-22-18-10-6-5-9-17(18)19(16)21;/h5-6,9-10,15-16H,2-4,7-8,11-14H2,1H3;1H. The van der Waals surface area contributed by atoms with E-state index in [4.69, 9.17) is 4.74 Å². The summed E-state index contributed by atoms with van der Waals surface area (Å²) in [4.78, 5) is 14.9. The van der Waals surface area contributed by atoms with Crippen molar-refractivity contribution >= 4 is 18.2 Å². The van der Waals surface area contributed by atoms with Gasteiger partial charge >= 0.3 is 0 Å². The molecule has 3 nitrogen and oxygen atoms in total. The molecule has 3 rings (SSSR count). The molecule has 0 amide bonds. The maximum absolute atomic E-state index is 12.5. The minimum absolute atomic E-state index is 0. The van der Waals surface area contributed by atoms with Crippen molar-refractivity contribution in [2.45, 2.75) is 38.5 Å². The predicted molar refractivity (Wildman–Crippen MR) is 95.7 cm³/mol. The maximum Gasteiger partial charge on any atom is 0.173 e. The molecule has 1 heterocycles. The molecule has 23 heavy (non-hydrogen) atoms. The summed E-state index contributed by atoms with van der Waals surface area (Å²) in [7, 11) is 2.19. The van der Waals surface area contributed by atoms with E-state index in [9.17, 15) is 4.79 Å². The van der Waals surface area contributed by atoms with Crippen LogP contribution in [0.15, 0.2) is 24.3 Å². The van der Waals surface area contributed by atoms with Crippen LogP contribution in [0.4, 0.5) is 0 Å². The molecule has 1 aromatic rings. The fourth-order valence-corrected chi connectivity index (χ4v) is 3.77. The summed E-state index contributed by atoms with van der Waals surface area (Å²) in [5, 5.41) is 0. The Bertz CT molecular complexity index is 514. The molecule has 4 heteroatoms. The monoisotopic (exact) mass is 337 g/mol. The molecule has 0 N–H and O–H groups in total. The Hall–Kier alpha value is -1.06. The molecular formula is C19H28ClNO2. The van der Waals surface area contributed by atoms with Gasteiger partial charge in [0, 0.05) is 6.54 Å². The molecule has 1 aromatic carbocycles. The Morgan fingerprint density at radius 2 is 1.91 bits per heavy atom. The number of nitrogens with zero attached hydrogens (tertiary/aromatic N) is 1. The highest BCUT2D eigenvalue weighted by atomic mass is 35.5. The van der Waals surface area contributed by atoms with Crippen LogP contribution in [0, 0.1) is 11.8 Å². The Morgan fingerprint density at radius 1 is 1.17 bits per heavy atom. The van der Waals surface area contributed by atoms with Crippen molar-refractivity contribution in [3.05, 3.63) is 29.8 Å².